The third kappa shape index (κ3) is 2.79. The van der Waals surface area contributed by atoms with Crippen LogP contribution in [0.2, 0.25) is 0 Å². The Hall–Kier alpha value is -1.06. The van der Waals surface area contributed by atoms with E-state index in [4.69, 9.17) is 5.11 Å². The summed E-state index contributed by atoms with van der Waals surface area (Å²) in [6.07, 6.45) is 6.28. The fourth-order valence-electron chi connectivity index (χ4n) is 3.11. The van der Waals surface area contributed by atoms with Crippen LogP contribution in [0.15, 0.2) is 0 Å². The summed E-state index contributed by atoms with van der Waals surface area (Å²) in [5.74, 6) is -1.31. The van der Waals surface area contributed by atoms with Gasteiger partial charge in [-0.05, 0) is 18.3 Å². The molecule has 1 saturated carbocycles. The van der Waals surface area contributed by atoms with Crippen molar-refractivity contribution in [2.75, 3.05) is 13.1 Å². The second-order valence-electron chi connectivity index (χ2n) is 5.88. The molecular formula is C13H21NO3. The maximum Gasteiger partial charge on any atom is 0.308 e. The van der Waals surface area contributed by atoms with Gasteiger partial charge in [0.1, 0.15) is 0 Å². The molecule has 0 spiro atoms. The largest absolute Gasteiger partial charge is 0.481 e. The van der Waals surface area contributed by atoms with Gasteiger partial charge in [0.2, 0.25) is 5.91 Å². The number of hydrogen-bond donors (Lipinski definition) is 1. The van der Waals surface area contributed by atoms with Crippen molar-refractivity contribution < 1.29 is 14.7 Å². The molecule has 0 bridgehead atoms. The molecule has 1 aliphatic carbocycles. The highest BCUT2D eigenvalue weighted by atomic mass is 16.4. The third-order valence-corrected chi connectivity index (χ3v) is 4.20. The van der Waals surface area contributed by atoms with Crippen LogP contribution >= 0.6 is 0 Å². The van der Waals surface area contributed by atoms with Crippen LogP contribution in [0.5, 0.6) is 0 Å². The molecule has 1 atom stereocenters. The maximum absolute atomic E-state index is 11.8. The van der Waals surface area contributed by atoms with E-state index >= 15 is 0 Å². The van der Waals surface area contributed by atoms with E-state index in [0.717, 1.165) is 19.4 Å². The molecule has 0 radical (unpaired) electrons. The Morgan fingerprint density at radius 3 is 2.59 bits per heavy atom. The van der Waals surface area contributed by atoms with Crippen LogP contribution in [-0.4, -0.2) is 35.0 Å². The van der Waals surface area contributed by atoms with Gasteiger partial charge in [-0.2, -0.15) is 0 Å². The monoisotopic (exact) mass is 239 g/mol. The van der Waals surface area contributed by atoms with Crippen molar-refractivity contribution in [3.05, 3.63) is 0 Å². The van der Waals surface area contributed by atoms with Gasteiger partial charge < -0.3 is 10.0 Å². The van der Waals surface area contributed by atoms with Gasteiger partial charge in [0.25, 0.3) is 0 Å². The van der Waals surface area contributed by atoms with Gasteiger partial charge in [-0.25, -0.2) is 0 Å². The molecular weight excluding hydrogens is 218 g/mol. The second kappa shape index (κ2) is 4.67. The Morgan fingerprint density at radius 2 is 2.06 bits per heavy atom. The molecule has 17 heavy (non-hydrogen) atoms. The molecule has 4 nitrogen and oxygen atoms in total. The van der Waals surface area contributed by atoms with E-state index in [1.807, 2.05) is 0 Å². The number of carboxylic acid groups (broad SMARTS) is 1. The summed E-state index contributed by atoms with van der Waals surface area (Å²) in [5.41, 5.74) is 0.210. The van der Waals surface area contributed by atoms with Crippen LogP contribution in [0, 0.1) is 11.3 Å². The van der Waals surface area contributed by atoms with Gasteiger partial charge in [0.15, 0.2) is 0 Å². The number of carbonyl (C=O) groups excluding carboxylic acids is 1. The number of likely N-dealkylation sites (tertiary alicyclic amines) is 1. The molecule has 2 fully saturated rings. The number of carboxylic acids is 1. The quantitative estimate of drug-likeness (QED) is 0.818. The normalized spacial score (nSPS) is 28.4. The zero-order valence-electron chi connectivity index (χ0n) is 10.4. The van der Waals surface area contributed by atoms with Crippen LogP contribution < -0.4 is 0 Å². The Kier molecular flexibility index (Phi) is 3.40. The number of carbonyl (C=O) groups is 2. The molecule has 1 aliphatic heterocycles. The van der Waals surface area contributed by atoms with Crippen LogP contribution in [-0.2, 0) is 9.59 Å². The first kappa shape index (κ1) is 12.4. The highest BCUT2D eigenvalue weighted by Crippen LogP contribution is 2.37. The van der Waals surface area contributed by atoms with Crippen molar-refractivity contribution in [3.63, 3.8) is 0 Å². The maximum atomic E-state index is 11.8. The average molecular weight is 239 g/mol. The Bertz CT molecular complexity index is 321. The number of hydrogen-bond acceptors (Lipinski definition) is 2. The smallest absolute Gasteiger partial charge is 0.308 e. The molecule has 0 aromatic carbocycles. The second-order valence-corrected chi connectivity index (χ2v) is 5.88. The lowest BCUT2D eigenvalue weighted by molar-refractivity contribution is -0.141. The first-order valence-electron chi connectivity index (χ1n) is 6.51. The molecule has 1 N–H and O–H groups in total. The van der Waals surface area contributed by atoms with E-state index in [-0.39, 0.29) is 17.7 Å². The fourth-order valence-corrected chi connectivity index (χ4v) is 3.11. The minimum atomic E-state index is -0.838. The highest BCUT2D eigenvalue weighted by Gasteiger charge is 2.38. The van der Waals surface area contributed by atoms with Gasteiger partial charge in [0, 0.05) is 19.5 Å². The highest BCUT2D eigenvalue weighted by molar-refractivity contribution is 5.86. The van der Waals surface area contributed by atoms with Crippen LogP contribution in [0.25, 0.3) is 0 Å². The van der Waals surface area contributed by atoms with Crippen molar-refractivity contribution >= 4 is 11.9 Å². The fraction of sp³-hybridized carbons (Fsp3) is 0.846. The third-order valence-electron chi connectivity index (χ3n) is 4.20. The predicted molar refractivity (Wildman–Crippen MR) is 63.5 cm³/mol. The van der Waals surface area contributed by atoms with E-state index in [0.29, 0.717) is 6.54 Å². The van der Waals surface area contributed by atoms with Gasteiger partial charge in [0.05, 0.1) is 5.92 Å². The Morgan fingerprint density at radius 1 is 1.41 bits per heavy atom. The van der Waals surface area contributed by atoms with E-state index in [9.17, 15) is 9.59 Å². The minimum absolute atomic E-state index is 0.0178. The topological polar surface area (TPSA) is 57.6 Å². The van der Waals surface area contributed by atoms with Crippen molar-refractivity contribution in [2.24, 2.45) is 11.3 Å². The van der Waals surface area contributed by atoms with Crippen molar-refractivity contribution in [1.82, 2.24) is 4.90 Å². The molecule has 4 heteroatoms. The number of amides is 1. The van der Waals surface area contributed by atoms with E-state index in [1.165, 1.54) is 19.3 Å². The number of aliphatic carboxylic acids is 1. The van der Waals surface area contributed by atoms with Crippen molar-refractivity contribution in [1.29, 1.82) is 0 Å². The van der Waals surface area contributed by atoms with E-state index < -0.39 is 11.9 Å². The first-order chi connectivity index (χ1) is 8.00. The molecule has 0 aromatic heterocycles. The minimum Gasteiger partial charge on any atom is -0.481 e. The van der Waals surface area contributed by atoms with Crippen LogP contribution in [0.4, 0.5) is 0 Å². The average Bonchev–Trinajstić information content (AvgIpc) is 2.61. The predicted octanol–water partition coefficient (Wildman–Crippen LogP) is 1.89. The summed E-state index contributed by atoms with van der Waals surface area (Å²) >= 11 is 0. The molecule has 1 amide bonds. The molecule has 2 rings (SSSR count). The standard InChI is InChI=1S/C13H21NO3/c1-13(5-3-2-4-6-13)9-14-8-10(12(16)17)7-11(14)15/h10H,2-9H2,1H3,(H,16,17). The Balaban J connectivity index is 1.95. The summed E-state index contributed by atoms with van der Waals surface area (Å²) in [7, 11) is 0. The first-order valence-corrected chi connectivity index (χ1v) is 6.51. The lowest BCUT2D eigenvalue weighted by Gasteiger charge is -2.37. The summed E-state index contributed by atoms with van der Waals surface area (Å²) in [4.78, 5) is 24.4. The number of rotatable bonds is 3. The molecule has 1 saturated heterocycles. The molecule has 96 valence electrons. The number of nitrogens with zero attached hydrogens (tertiary/aromatic N) is 1. The van der Waals surface area contributed by atoms with Gasteiger partial charge in [-0.3, -0.25) is 9.59 Å². The molecule has 2 aliphatic rings. The van der Waals surface area contributed by atoms with E-state index in [2.05, 4.69) is 6.92 Å². The Labute approximate surface area is 102 Å². The zero-order chi connectivity index (χ0) is 12.5. The zero-order valence-corrected chi connectivity index (χ0v) is 10.4. The van der Waals surface area contributed by atoms with Gasteiger partial charge in [-0.15, -0.1) is 0 Å². The van der Waals surface area contributed by atoms with E-state index in [1.54, 1.807) is 4.90 Å². The summed E-state index contributed by atoms with van der Waals surface area (Å²) in [6.45, 7) is 3.38. The van der Waals surface area contributed by atoms with Crippen molar-refractivity contribution in [3.8, 4) is 0 Å². The summed E-state index contributed by atoms with van der Waals surface area (Å²) < 4.78 is 0. The summed E-state index contributed by atoms with van der Waals surface area (Å²) in [5, 5.41) is 8.94. The SMILES string of the molecule is CC1(CN2CC(C(=O)O)CC2=O)CCCCC1. The molecule has 1 unspecified atom stereocenters. The van der Waals surface area contributed by atoms with Gasteiger partial charge >= 0.3 is 5.97 Å². The lowest BCUT2D eigenvalue weighted by Crippen LogP contribution is -2.38. The van der Waals surface area contributed by atoms with Gasteiger partial charge in [-0.1, -0.05) is 26.2 Å². The van der Waals surface area contributed by atoms with Crippen molar-refractivity contribution in [2.45, 2.75) is 45.4 Å². The van der Waals surface area contributed by atoms with Crippen LogP contribution in [0.1, 0.15) is 45.4 Å². The lowest BCUT2D eigenvalue weighted by atomic mass is 9.75. The molecule has 1 heterocycles. The summed E-state index contributed by atoms with van der Waals surface area (Å²) in [6, 6.07) is 0. The molecule has 0 aromatic rings. The van der Waals surface area contributed by atoms with Crippen LogP contribution in [0.3, 0.4) is 0 Å².